The molecule has 0 spiro atoms. The van der Waals surface area contributed by atoms with E-state index in [4.69, 9.17) is 10.8 Å². The van der Waals surface area contributed by atoms with Gasteiger partial charge in [-0.1, -0.05) is 5.16 Å². The lowest BCUT2D eigenvalue weighted by molar-refractivity contribution is -0.137. The van der Waals surface area contributed by atoms with Gasteiger partial charge in [-0.3, -0.25) is 4.79 Å². The van der Waals surface area contributed by atoms with Crippen molar-refractivity contribution in [2.75, 3.05) is 0 Å². The highest BCUT2D eigenvalue weighted by molar-refractivity contribution is 5.67. The molecule has 5 nitrogen and oxygen atoms in total. The summed E-state index contributed by atoms with van der Waals surface area (Å²) in [6.07, 6.45) is 1.23. The topological polar surface area (TPSA) is 89.4 Å². The fraction of sp³-hybridized carbons (Fsp3) is 0.333. The summed E-state index contributed by atoms with van der Waals surface area (Å²) in [4.78, 5) is 10.2. The van der Waals surface area contributed by atoms with Gasteiger partial charge in [0.05, 0.1) is 12.5 Å². The molecule has 1 unspecified atom stereocenters. The minimum atomic E-state index is -0.944. The van der Waals surface area contributed by atoms with E-state index in [9.17, 15) is 4.79 Å². The Labute approximate surface area is 62.8 Å². The van der Waals surface area contributed by atoms with Crippen molar-refractivity contribution in [1.29, 1.82) is 0 Å². The number of hydrogen-bond acceptors (Lipinski definition) is 4. The minimum Gasteiger partial charge on any atom is -0.481 e. The number of hydrogen-bond donors (Lipinski definition) is 2. The number of carbonyl (C=O) groups is 1. The highest BCUT2D eigenvalue weighted by Gasteiger charge is 2.12. The van der Waals surface area contributed by atoms with E-state index in [2.05, 4.69) is 9.68 Å². The van der Waals surface area contributed by atoms with Crippen molar-refractivity contribution in [3.63, 3.8) is 0 Å². The second kappa shape index (κ2) is 3.16. The van der Waals surface area contributed by atoms with Crippen LogP contribution in [0.2, 0.25) is 0 Å². The molecule has 1 rings (SSSR count). The van der Waals surface area contributed by atoms with Crippen LogP contribution in [0.1, 0.15) is 18.2 Å². The lowest BCUT2D eigenvalue weighted by Gasteiger charge is -2.01. The molecule has 0 radical (unpaired) electrons. The summed E-state index contributed by atoms with van der Waals surface area (Å²) >= 11 is 0. The standard InChI is InChI=1S/C6H8N2O3/c7-4(3-6(9)10)5-1-2-11-8-5/h1-2,4H,3,7H2,(H,9,10). The van der Waals surface area contributed by atoms with Crippen molar-refractivity contribution in [3.05, 3.63) is 18.0 Å². The van der Waals surface area contributed by atoms with Crippen LogP contribution in [0.15, 0.2) is 16.9 Å². The zero-order valence-corrected chi connectivity index (χ0v) is 5.73. The molecule has 0 aromatic carbocycles. The van der Waals surface area contributed by atoms with Gasteiger partial charge in [0.1, 0.15) is 12.0 Å². The lowest BCUT2D eigenvalue weighted by Crippen LogP contribution is -2.15. The van der Waals surface area contributed by atoms with Crippen LogP contribution in [0, 0.1) is 0 Å². The third-order valence-corrected chi connectivity index (χ3v) is 1.23. The van der Waals surface area contributed by atoms with Crippen molar-refractivity contribution < 1.29 is 14.4 Å². The number of aliphatic carboxylic acids is 1. The second-order valence-electron chi connectivity index (χ2n) is 2.13. The average Bonchev–Trinajstić information content (AvgIpc) is 2.35. The monoisotopic (exact) mass is 156 g/mol. The number of rotatable bonds is 3. The lowest BCUT2D eigenvalue weighted by atomic mass is 10.1. The van der Waals surface area contributed by atoms with Gasteiger partial charge in [0.2, 0.25) is 0 Å². The first kappa shape index (κ1) is 7.74. The maximum Gasteiger partial charge on any atom is 0.305 e. The van der Waals surface area contributed by atoms with Crippen molar-refractivity contribution in [3.8, 4) is 0 Å². The molecule has 5 heteroatoms. The van der Waals surface area contributed by atoms with Gasteiger partial charge in [-0.2, -0.15) is 0 Å². The zero-order valence-electron chi connectivity index (χ0n) is 5.73. The van der Waals surface area contributed by atoms with Gasteiger partial charge in [0.15, 0.2) is 0 Å². The van der Waals surface area contributed by atoms with Crippen molar-refractivity contribution in [2.45, 2.75) is 12.5 Å². The van der Waals surface area contributed by atoms with Gasteiger partial charge in [0, 0.05) is 6.07 Å². The SMILES string of the molecule is NC(CC(=O)O)c1ccon1. The van der Waals surface area contributed by atoms with Crippen molar-refractivity contribution in [1.82, 2.24) is 5.16 Å². The number of nitrogens with two attached hydrogens (primary N) is 1. The van der Waals surface area contributed by atoms with Crippen LogP contribution < -0.4 is 5.73 Å². The van der Waals surface area contributed by atoms with Crippen LogP contribution in [0.25, 0.3) is 0 Å². The second-order valence-corrected chi connectivity index (χ2v) is 2.13. The molecule has 0 bridgehead atoms. The summed E-state index contributed by atoms with van der Waals surface area (Å²) in [7, 11) is 0. The Kier molecular flexibility index (Phi) is 2.22. The summed E-state index contributed by atoms with van der Waals surface area (Å²) in [5.74, 6) is -0.944. The molecule has 1 heterocycles. The molecule has 0 amide bonds. The number of aromatic nitrogens is 1. The summed E-state index contributed by atoms with van der Waals surface area (Å²) in [6.45, 7) is 0. The summed E-state index contributed by atoms with van der Waals surface area (Å²) in [5.41, 5.74) is 5.90. The largest absolute Gasteiger partial charge is 0.481 e. The number of nitrogens with zero attached hydrogens (tertiary/aromatic N) is 1. The predicted molar refractivity (Wildman–Crippen MR) is 35.7 cm³/mol. The van der Waals surface area contributed by atoms with Crippen LogP contribution in [0.5, 0.6) is 0 Å². The summed E-state index contributed by atoms with van der Waals surface area (Å²) < 4.78 is 4.49. The maximum atomic E-state index is 10.2. The van der Waals surface area contributed by atoms with E-state index in [0.29, 0.717) is 5.69 Å². The van der Waals surface area contributed by atoms with E-state index < -0.39 is 12.0 Å². The van der Waals surface area contributed by atoms with E-state index in [1.54, 1.807) is 6.07 Å². The molecular formula is C6H8N2O3. The minimum absolute atomic E-state index is 0.132. The molecule has 1 aromatic heterocycles. The average molecular weight is 156 g/mol. The Morgan fingerprint density at radius 2 is 2.64 bits per heavy atom. The summed E-state index contributed by atoms with van der Waals surface area (Å²) in [5, 5.41) is 11.9. The zero-order chi connectivity index (χ0) is 8.27. The first-order chi connectivity index (χ1) is 5.20. The third kappa shape index (κ3) is 2.05. The fourth-order valence-corrected chi connectivity index (χ4v) is 0.706. The van der Waals surface area contributed by atoms with Crippen LogP contribution in [0.4, 0.5) is 0 Å². The summed E-state index contributed by atoms with van der Waals surface area (Å²) in [6, 6.07) is 0.972. The van der Waals surface area contributed by atoms with Crippen LogP contribution in [0.3, 0.4) is 0 Å². The molecule has 1 atom stereocenters. The normalized spacial score (nSPS) is 12.8. The Bertz CT molecular complexity index is 232. The highest BCUT2D eigenvalue weighted by Crippen LogP contribution is 2.09. The van der Waals surface area contributed by atoms with Gasteiger partial charge >= 0.3 is 5.97 Å². The molecule has 11 heavy (non-hydrogen) atoms. The van der Waals surface area contributed by atoms with Crippen molar-refractivity contribution >= 4 is 5.97 Å². The molecule has 0 saturated carbocycles. The Balaban J connectivity index is 2.56. The number of carboxylic acid groups (broad SMARTS) is 1. The van der Waals surface area contributed by atoms with Gasteiger partial charge in [-0.15, -0.1) is 0 Å². The first-order valence-electron chi connectivity index (χ1n) is 3.08. The number of carboxylic acids is 1. The van der Waals surface area contributed by atoms with Gasteiger partial charge < -0.3 is 15.4 Å². The molecule has 0 aliphatic rings. The maximum absolute atomic E-state index is 10.2. The fourth-order valence-electron chi connectivity index (χ4n) is 0.706. The molecule has 1 aromatic rings. The molecule has 0 saturated heterocycles. The quantitative estimate of drug-likeness (QED) is 0.650. The van der Waals surface area contributed by atoms with Gasteiger partial charge in [-0.05, 0) is 0 Å². The van der Waals surface area contributed by atoms with Crippen LogP contribution in [-0.2, 0) is 4.79 Å². The smallest absolute Gasteiger partial charge is 0.305 e. The van der Waals surface area contributed by atoms with Gasteiger partial charge in [0.25, 0.3) is 0 Å². The molecule has 60 valence electrons. The Morgan fingerprint density at radius 1 is 1.91 bits per heavy atom. The van der Waals surface area contributed by atoms with E-state index >= 15 is 0 Å². The first-order valence-corrected chi connectivity index (χ1v) is 3.08. The van der Waals surface area contributed by atoms with Crippen LogP contribution in [-0.4, -0.2) is 16.2 Å². The van der Waals surface area contributed by atoms with E-state index in [1.165, 1.54) is 6.26 Å². The van der Waals surface area contributed by atoms with E-state index in [-0.39, 0.29) is 6.42 Å². The van der Waals surface area contributed by atoms with E-state index in [0.717, 1.165) is 0 Å². The Hall–Kier alpha value is -1.36. The Morgan fingerprint density at radius 3 is 3.09 bits per heavy atom. The highest BCUT2D eigenvalue weighted by atomic mass is 16.5. The van der Waals surface area contributed by atoms with Crippen molar-refractivity contribution in [2.24, 2.45) is 5.73 Å². The molecule has 0 fully saturated rings. The predicted octanol–water partition coefficient (Wildman–Crippen LogP) is 0.149. The van der Waals surface area contributed by atoms with Gasteiger partial charge in [-0.25, -0.2) is 0 Å². The van der Waals surface area contributed by atoms with E-state index in [1.807, 2.05) is 0 Å². The van der Waals surface area contributed by atoms with Crippen LogP contribution >= 0.6 is 0 Å². The molecule has 0 aliphatic heterocycles. The molecule has 0 aliphatic carbocycles. The molecular weight excluding hydrogens is 148 g/mol. The molecule has 3 N–H and O–H groups in total. The third-order valence-electron chi connectivity index (χ3n) is 1.23.